The SMILES string of the molecule is CCc1nn(-c2ccccc2)c(Oc2ccc(F)cc2F)c1CN(C[C@@H]1CCCO1)C(=O)c1ccccc1Cl. The van der Waals surface area contributed by atoms with E-state index in [-0.39, 0.29) is 30.2 Å². The first kappa shape index (κ1) is 26.8. The molecule has 1 aliphatic heterocycles. The van der Waals surface area contributed by atoms with Gasteiger partial charge in [-0.2, -0.15) is 5.10 Å². The number of hydrogen-bond donors (Lipinski definition) is 0. The van der Waals surface area contributed by atoms with Crippen molar-refractivity contribution in [3.63, 3.8) is 0 Å². The van der Waals surface area contributed by atoms with Gasteiger partial charge in [-0.25, -0.2) is 13.5 Å². The quantitative estimate of drug-likeness (QED) is 0.225. The summed E-state index contributed by atoms with van der Waals surface area (Å²) in [7, 11) is 0. The first-order chi connectivity index (χ1) is 18.9. The minimum atomic E-state index is -0.844. The minimum Gasteiger partial charge on any atom is -0.435 e. The molecule has 0 bridgehead atoms. The van der Waals surface area contributed by atoms with E-state index >= 15 is 0 Å². The summed E-state index contributed by atoms with van der Waals surface area (Å²) >= 11 is 6.40. The Morgan fingerprint density at radius 2 is 1.90 bits per heavy atom. The normalized spacial score (nSPS) is 14.9. The Labute approximate surface area is 230 Å². The third-order valence-corrected chi connectivity index (χ3v) is 6.97. The van der Waals surface area contributed by atoms with Crippen molar-refractivity contribution in [3.8, 4) is 17.3 Å². The molecule has 4 aromatic rings. The second kappa shape index (κ2) is 12.0. The second-order valence-corrected chi connectivity index (χ2v) is 9.72. The van der Waals surface area contributed by atoms with Gasteiger partial charge < -0.3 is 14.4 Å². The van der Waals surface area contributed by atoms with E-state index in [0.29, 0.717) is 47.1 Å². The van der Waals surface area contributed by atoms with E-state index < -0.39 is 11.6 Å². The van der Waals surface area contributed by atoms with E-state index in [0.717, 1.165) is 25.0 Å². The van der Waals surface area contributed by atoms with E-state index in [4.69, 9.17) is 26.2 Å². The van der Waals surface area contributed by atoms with Gasteiger partial charge >= 0.3 is 0 Å². The van der Waals surface area contributed by atoms with Crippen molar-refractivity contribution in [2.24, 2.45) is 0 Å². The maximum absolute atomic E-state index is 14.7. The zero-order chi connectivity index (χ0) is 27.4. The van der Waals surface area contributed by atoms with E-state index in [1.165, 1.54) is 6.07 Å². The molecule has 0 saturated carbocycles. The van der Waals surface area contributed by atoms with E-state index in [2.05, 4.69) is 0 Å². The fraction of sp³-hybridized carbons (Fsp3) is 0.267. The average Bonchev–Trinajstić information content (AvgIpc) is 3.58. The van der Waals surface area contributed by atoms with Gasteiger partial charge in [0.1, 0.15) is 5.82 Å². The van der Waals surface area contributed by atoms with Crippen LogP contribution in [0.4, 0.5) is 8.78 Å². The van der Waals surface area contributed by atoms with Crippen LogP contribution in [0, 0.1) is 11.6 Å². The average molecular weight is 552 g/mol. The summed E-state index contributed by atoms with van der Waals surface area (Å²) in [5.74, 6) is -1.72. The summed E-state index contributed by atoms with van der Waals surface area (Å²) in [5.41, 5.74) is 2.36. The number of ether oxygens (including phenoxy) is 2. The lowest BCUT2D eigenvalue weighted by atomic mass is 10.1. The summed E-state index contributed by atoms with van der Waals surface area (Å²) in [4.78, 5) is 15.5. The predicted molar refractivity (Wildman–Crippen MR) is 145 cm³/mol. The van der Waals surface area contributed by atoms with Crippen LogP contribution < -0.4 is 4.74 Å². The van der Waals surface area contributed by atoms with Crippen molar-refractivity contribution >= 4 is 17.5 Å². The van der Waals surface area contributed by atoms with Gasteiger partial charge in [0.25, 0.3) is 5.91 Å². The lowest BCUT2D eigenvalue weighted by Crippen LogP contribution is -2.37. The Hall–Kier alpha value is -3.75. The van der Waals surface area contributed by atoms with Gasteiger partial charge in [0.2, 0.25) is 5.88 Å². The monoisotopic (exact) mass is 551 g/mol. The van der Waals surface area contributed by atoms with Crippen LogP contribution in [0.3, 0.4) is 0 Å². The minimum absolute atomic E-state index is 0.121. The molecule has 9 heteroatoms. The zero-order valence-electron chi connectivity index (χ0n) is 21.4. The number of carbonyl (C=O) groups is 1. The molecule has 0 aliphatic carbocycles. The number of amides is 1. The van der Waals surface area contributed by atoms with Crippen LogP contribution in [0.1, 0.15) is 41.4 Å². The van der Waals surface area contributed by atoms with Crippen LogP contribution in [0.5, 0.6) is 11.6 Å². The van der Waals surface area contributed by atoms with Crippen LogP contribution in [0.2, 0.25) is 5.02 Å². The molecule has 0 unspecified atom stereocenters. The van der Waals surface area contributed by atoms with Gasteiger partial charge in [-0.1, -0.05) is 48.9 Å². The summed E-state index contributed by atoms with van der Waals surface area (Å²) < 4.78 is 41.9. The Morgan fingerprint density at radius 1 is 1.13 bits per heavy atom. The highest BCUT2D eigenvalue weighted by molar-refractivity contribution is 6.33. The third kappa shape index (κ3) is 5.97. The number of benzene rings is 3. The largest absolute Gasteiger partial charge is 0.435 e. The summed E-state index contributed by atoms with van der Waals surface area (Å²) in [5, 5.41) is 5.12. The molecule has 1 saturated heterocycles. The number of carbonyl (C=O) groups excluding carboxylic acids is 1. The van der Waals surface area contributed by atoms with Crippen molar-refractivity contribution in [1.82, 2.24) is 14.7 Å². The highest BCUT2D eigenvalue weighted by atomic mass is 35.5. The fourth-order valence-corrected chi connectivity index (χ4v) is 4.90. The van der Waals surface area contributed by atoms with Gasteiger partial charge in [-0.3, -0.25) is 4.79 Å². The first-order valence-electron chi connectivity index (χ1n) is 12.9. The van der Waals surface area contributed by atoms with Gasteiger partial charge in [0.15, 0.2) is 11.6 Å². The predicted octanol–water partition coefficient (Wildman–Crippen LogP) is 6.98. The number of nitrogens with zero attached hydrogens (tertiary/aromatic N) is 3. The molecule has 6 nitrogen and oxygen atoms in total. The summed E-state index contributed by atoms with van der Waals surface area (Å²) in [6.07, 6.45) is 2.17. The van der Waals surface area contributed by atoms with Gasteiger partial charge in [-0.05, 0) is 55.7 Å². The van der Waals surface area contributed by atoms with Crippen molar-refractivity contribution in [3.05, 3.63) is 106 Å². The Morgan fingerprint density at radius 3 is 2.59 bits per heavy atom. The van der Waals surface area contributed by atoms with Crippen molar-refractivity contribution in [2.45, 2.75) is 38.8 Å². The van der Waals surface area contributed by atoms with Crippen molar-refractivity contribution < 1.29 is 23.0 Å². The molecule has 0 radical (unpaired) electrons. The summed E-state index contributed by atoms with van der Waals surface area (Å²) in [6, 6.07) is 19.3. The fourth-order valence-electron chi connectivity index (χ4n) is 4.68. The zero-order valence-corrected chi connectivity index (χ0v) is 22.2. The number of hydrogen-bond acceptors (Lipinski definition) is 4. The summed E-state index contributed by atoms with van der Waals surface area (Å²) in [6.45, 7) is 3.05. The van der Waals surface area contributed by atoms with Crippen LogP contribution in [0.25, 0.3) is 5.69 Å². The maximum atomic E-state index is 14.7. The molecular weight excluding hydrogens is 524 g/mol. The maximum Gasteiger partial charge on any atom is 0.255 e. The Bertz CT molecular complexity index is 1460. The van der Waals surface area contributed by atoms with E-state index in [1.807, 2.05) is 37.3 Å². The standard InChI is InChI=1S/C30H28ClF2N3O3/c1-2-27-24(19-35(18-22-11-8-16-38-22)29(37)23-12-6-7-13-25(23)31)30(36(34-27)21-9-4-3-5-10-21)39-28-15-14-20(32)17-26(28)33/h3-7,9-10,12-15,17,22H,2,8,11,16,18-19H2,1H3/t22-/m0/s1. The number of para-hydroxylation sites is 1. The lowest BCUT2D eigenvalue weighted by Gasteiger charge is -2.26. The van der Waals surface area contributed by atoms with Crippen LogP contribution in [-0.4, -0.2) is 39.8 Å². The number of aryl methyl sites for hydroxylation is 1. The van der Waals surface area contributed by atoms with E-state index in [1.54, 1.807) is 33.8 Å². The highest BCUT2D eigenvalue weighted by Gasteiger charge is 2.29. The molecule has 1 fully saturated rings. The molecule has 1 aromatic heterocycles. The van der Waals surface area contributed by atoms with Crippen LogP contribution in [-0.2, 0) is 17.7 Å². The Kier molecular flexibility index (Phi) is 8.24. The molecule has 1 aliphatic rings. The number of halogens is 3. The highest BCUT2D eigenvalue weighted by Crippen LogP contribution is 2.34. The number of aromatic nitrogens is 2. The van der Waals surface area contributed by atoms with E-state index in [9.17, 15) is 13.6 Å². The molecular formula is C30H28ClF2N3O3. The molecule has 3 aromatic carbocycles. The molecule has 1 atom stereocenters. The third-order valence-electron chi connectivity index (χ3n) is 6.64. The topological polar surface area (TPSA) is 56.6 Å². The smallest absolute Gasteiger partial charge is 0.255 e. The van der Waals surface area contributed by atoms with Gasteiger partial charge in [0.05, 0.1) is 40.2 Å². The molecule has 0 N–H and O–H groups in total. The van der Waals surface area contributed by atoms with Crippen LogP contribution >= 0.6 is 11.6 Å². The molecule has 1 amide bonds. The first-order valence-corrected chi connectivity index (χ1v) is 13.3. The van der Waals surface area contributed by atoms with Crippen molar-refractivity contribution in [2.75, 3.05) is 13.2 Å². The molecule has 5 rings (SSSR count). The molecule has 39 heavy (non-hydrogen) atoms. The van der Waals surface area contributed by atoms with Gasteiger partial charge in [-0.15, -0.1) is 0 Å². The molecule has 0 spiro atoms. The second-order valence-electron chi connectivity index (χ2n) is 9.31. The molecule has 202 valence electrons. The van der Waals surface area contributed by atoms with Crippen LogP contribution in [0.15, 0.2) is 72.8 Å². The number of rotatable bonds is 9. The van der Waals surface area contributed by atoms with Gasteiger partial charge in [0, 0.05) is 19.2 Å². The molecule has 2 heterocycles. The lowest BCUT2D eigenvalue weighted by molar-refractivity contribution is 0.0505. The van der Waals surface area contributed by atoms with Crippen molar-refractivity contribution in [1.29, 1.82) is 0 Å². The Balaban J connectivity index is 1.60.